The minimum Gasteiger partial charge on any atom is -0.383 e. The lowest BCUT2D eigenvalue weighted by molar-refractivity contribution is -0.136. The predicted octanol–water partition coefficient (Wildman–Crippen LogP) is 0.461. The van der Waals surface area contributed by atoms with Gasteiger partial charge in [-0.1, -0.05) is 0 Å². The molecule has 0 radical (unpaired) electrons. The van der Waals surface area contributed by atoms with Crippen LogP contribution in [-0.2, 0) is 14.3 Å². The van der Waals surface area contributed by atoms with Crippen molar-refractivity contribution in [1.29, 1.82) is 0 Å². The van der Waals surface area contributed by atoms with Crippen LogP contribution in [0.2, 0.25) is 0 Å². The quantitative estimate of drug-likeness (QED) is 0.606. The lowest BCUT2D eigenvalue weighted by atomic mass is 10.4. The minimum atomic E-state index is -0.713. The molecule has 0 aliphatic carbocycles. The van der Waals surface area contributed by atoms with Crippen molar-refractivity contribution in [3.8, 4) is 0 Å². The van der Waals surface area contributed by atoms with E-state index < -0.39 is 11.8 Å². The first kappa shape index (κ1) is 13.6. The summed E-state index contributed by atoms with van der Waals surface area (Å²) in [5.41, 5.74) is 0.852. The Morgan fingerprint density at radius 1 is 1.35 bits per heavy atom. The normalized spacial score (nSPS) is 10.1. The van der Waals surface area contributed by atoms with Gasteiger partial charge in [-0.25, -0.2) is 4.98 Å². The Morgan fingerprint density at radius 3 is 2.59 bits per heavy atom. The topological polar surface area (TPSA) is 80.3 Å². The van der Waals surface area contributed by atoms with Crippen LogP contribution in [-0.4, -0.2) is 37.1 Å². The number of nitrogens with zero attached hydrogens (tertiary/aromatic N) is 1. The highest BCUT2D eigenvalue weighted by molar-refractivity contribution is 7.15. The van der Waals surface area contributed by atoms with E-state index in [4.69, 9.17) is 4.74 Å². The summed E-state index contributed by atoms with van der Waals surface area (Å²) in [5.74, 6) is -1.40. The van der Waals surface area contributed by atoms with Crippen molar-refractivity contribution in [2.45, 2.75) is 13.8 Å². The van der Waals surface area contributed by atoms with Crippen LogP contribution in [0.15, 0.2) is 0 Å². The maximum absolute atomic E-state index is 11.4. The Morgan fingerprint density at radius 2 is 2.06 bits per heavy atom. The molecular formula is C10H15N3O3S. The molecule has 0 saturated heterocycles. The van der Waals surface area contributed by atoms with Crippen molar-refractivity contribution in [2.75, 3.05) is 25.6 Å². The van der Waals surface area contributed by atoms with Gasteiger partial charge < -0.3 is 10.1 Å². The maximum atomic E-state index is 11.4. The smallest absolute Gasteiger partial charge is 0.315 e. The molecule has 0 bridgehead atoms. The van der Waals surface area contributed by atoms with Crippen LogP contribution in [0.4, 0.5) is 5.13 Å². The molecule has 6 nitrogen and oxygen atoms in total. The lowest BCUT2D eigenvalue weighted by Crippen LogP contribution is -2.37. The summed E-state index contributed by atoms with van der Waals surface area (Å²) in [5, 5.41) is 5.31. The highest BCUT2D eigenvalue weighted by Crippen LogP contribution is 2.20. The van der Waals surface area contributed by atoms with Crippen LogP contribution < -0.4 is 10.6 Å². The van der Waals surface area contributed by atoms with E-state index in [-0.39, 0.29) is 0 Å². The van der Waals surface area contributed by atoms with Gasteiger partial charge in [0, 0.05) is 18.5 Å². The number of carbonyl (C=O) groups excluding carboxylic acids is 2. The molecule has 0 atom stereocenters. The zero-order valence-electron chi connectivity index (χ0n) is 9.99. The molecule has 0 aliphatic heterocycles. The summed E-state index contributed by atoms with van der Waals surface area (Å²) < 4.78 is 4.75. The van der Waals surface area contributed by atoms with Crippen molar-refractivity contribution in [3.05, 3.63) is 10.6 Å². The zero-order valence-corrected chi connectivity index (χ0v) is 10.8. The molecule has 17 heavy (non-hydrogen) atoms. The first-order valence-electron chi connectivity index (χ1n) is 5.06. The van der Waals surface area contributed by atoms with Gasteiger partial charge in [0.15, 0.2) is 5.13 Å². The van der Waals surface area contributed by atoms with Gasteiger partial charge in [-0.2, -0.15) is 0 Å². The van der Waals surface area contributed by atoms with Crippen LogP contribution in [0, 0.1) is 13.8 Å². The van der Waals surface area contributed by atoms with Crippen molar-refractivity contribution < 1.29 is 14.3 Å². The Kier molecular flexibility index (Phi) is 5.05. The van der Waals surface area contributed by atoms with E-state index in [2.05, 4.69) is 15.6 Å². The first-order valence-corrected chi connectivity index (χ1v) is 5.88. The van der Waals surface area contributed by atoms with Gasteiger partial charge in [-0.05, 0) is 13.8 Å². The molecular weight excluding hydrogens is 242 g/mol. The number of hydrogen-bond donors (Lipinski definition) is 2. The van der Waals surface area contributed by atoms with E-state index in [1.165, 1.54) is 18.4 Å². The predicted molar refractivity (Wildman–Crippen MR) is 65.1 cm³/mol. The third kappa shape index (κ3) is 4.12. The average Bonchev–Trinajstić information content (AvgIpc) is 2.58. The second-order valence-electron chi connectivity index (χ2n) is 3.36. The Balaban J connectivity index is 2.46. The van der Waals surface area contributed by atoms with E-state index in [0.717, 1.165) is 10.6 Å². The van der Waals surface area contributed by atoms with Crippen LogP contribution in [0.5, 0.6) is 0 Å². The molecule has 0 aromatic carbocycles. The number of ether oxygens (including phenoxy) is 1. The molecule has 1 heterocycles. The molecule has 0 saturated carbocycles. The summed E-state index contributed by atoms with van der Waals surface area (Å²) in [6, 6.07) is 0. The number of rotatable bonds is 4. The number of nitrogens with one attached hydrogen (secondary N) is 2. The lowest BCUT2D eigenvalue weighted by Gasteiger charge is -2.03. The zero-order chi connectivity index (χ0) is 12.8. The van der Waals surface area contributed by atoms with E-state index >= 15 is 0 Å². The number of thiazole rings is 1. The van der Waals surface area contributed by atoms with Gasteiger partial charge >= 0.3 is 11.8 Å². The van der Waals surface area contributed by atoms with Crippen molar-refractivity contribution >= 4 is 28.3 Å². The summed E-state index contributed by atoms with van der Waals surface area (Å²) in [6.07, 6.45) is 0. The Labute approximate surface area is 103 Å². The molecule has 2 N–H and O–H groups in total. The molecule has 0 fully saturated rings. The van der Waals surface area contributed by atoms with Gasteiger partial charge in [0.2, 0.25) is 0 Å². The number of methoxy groups -OCH3 is 1. The second kappa shape index (κ2) is 6.31. The fourth-order valence-electron chi connectivity index (χ4n) is 1.03. The van der Waals surface area contributed by atoms with E-state index in [9.17, 15) is 9.59 Å². The van der Waals surface area contributed by atoms with E-state index in [0.29, 0.717) is 18.3 Å². The third-order valence-electron chi connectivity index (χ3n) is 2.05. The number of anilines is 1. The second-order valence-corrected chi connectivity index (χ2v) is 4.57. The molecule has 0 aliphatic rings. The molecule has 0 spiro atoms. The standard InChI is InChI=1S/C10H15N3O3S/c1-6-7(2)17-10(12-6)13-9(15)8(14)11-4-5-16-3/h4-5H2,1-3H3,(H,11,14)(H,12,13,15). The summed E-state index contributed by atoms with van der Waals surface area (Å²) in [7, 11) is 1.52. The van der Waals surface area contributed by atoms with Crippen LogP contribution >= 0.6 is 11.3 Å². The molecule has 1 aromatic rings. The van der Waals surface area contributed by atoms with E-state index in [1.807, 2.05) is 13.8 Å². The highest BCUT2D eigenvalue weighted by Gasteiger charge is 2.15. The van der Waals surface area contributed by atoms with Gasteiger partial charge in [0.05, 0.1) is 12.3 Å². The maximum Gasteiger partial charge on any atom is 0.315 e. The highest BCUT2D eigenvalue weighted by atomic mass is 32.1. The van der Waals surface area contributed by atoms with Gasteiger partial charge in [0.1, 0.15) is 0 Å². The third-order valence-corrected chi connectivity index (χ3v) is 3.04. The summed E-state index contributed by atoms with van der Waals surface area (Å²) in [6.45, 7) is 4.43. The van der Waals surface area contributed by atoms with E-state index in [1.54, 1.807) is 0 Å². The Hall–Kier alpha value is -1.47. The summed E-state index contributed by atoms with van der Waals surface area (Å²) >= 11 is 1.34. The van der Waals surface area contributed by atoms with Crippen molar-refractivity contribution in [2.24, 2.45) is 0 Å². The van der Waals surface area contributed by atoms with Crippen LogP contribution in [0.1, 0.15) is 10.6 Å². The monoisotopic (exact) mass is 257 g/mol. The molecule has 7 heteroatoms. The number of carbonyl (C=O) groups is 2. The summed E-state index contributed by atoms with van der Waals surface area (Å²) in [4.78, 5) is 27.9. The molecule has 2 amide bonds. The minimum absolute atomic E-state index is 0.304. The largest absolute Gasteiger partial charge is 0.383 e. The molecule has 1 rings (SSSR count). The number of aromatic nitrogens is 1. The number of amides is 2. The average molecular weight is 257 g/mol. The SMILES string of the molecule is COCCNC(=O)C(=O)Nc1nc(C)c(C)s1. The van der Waals surface area contributed by atoms with Gasteiger partial charge in [-0.15, -0.1) is 11.3 Å². The number of hydrogen-bond acceptors (Lipinski definition) is 5. The van der Waals surface area contributed by atoms with Crippen LogP contribution in [0.25, 0.3) is 0 Å². The van der Waals surface area contributed by atoms with Gasteiger partial charge in [0.25, 0.3) is 0 Å². The molecule has 94 valence electrons. The fourth-order valence-corrected chi connectivity index (χ4v) is 1.84. The van der Waals surface area contributed by atoms with Crippen molar-refractivity contribution in [3.63, 3.8) is 0 Å². The molecule has 1 aromatic heterocycles. The number of aryl methyl sites for hydroxylation is 2. The first-order chi connectivity index (χ1) is 8.04. The van der Waals surface area contributed by atoms with Gasteiger partial charge in [-0.3, -0.25) is 14.9 Å². The van der Waals surface area contributed by atoms with Crippen LogP contribution in [0.3, 0.4) is 0 Å². The van der Waals surface area contributed by atoms with Crippen molar-refractivity contribution in [1.82, 2.24) is 10.3 Å². The Bertz CT molecular complexity index is 397. The fraction of sp³-hybridized carbons (Fsp3) is 0.500. The molecule has 0 unspecified atom stereocenters.